The number of ether oxygens (including phenoxy) is 1. The second kappa shape index (κ2) is 10.2. The summed E-state index contributed by atoms with van der Waals surface area (Å²) >= 11 is 0. The van der Waals surface area contributed by atoms with Crippen molar-refractivity contribution in [2.75, 3.05) is 0 Å². The molecule has 23 heavy (non-hydrogen) atoms. The number of nitrogens with one attached hydrogen (secondary N) is 1. The van der Waals surface area contributed by atoms with Crippen molar-refractivity contribution in [3.8, 4) is 0 Å². The predicted octanol–water partition coefficient (Wildman–Crippen LogP) is 2.68. The van der Waals surface area contributed by atoms with Crippen molar-refractivity contribution < 1.29 is 24.2 Å². The van der Waals surface area contributed by atoms with Gasteiger partial charge in [0, 0.05) is 12.8 Å². The first-order valence-corrected chi connectivity index (χ1v) is 7.35. The molecule has 0 radical (unpaired) electrons. The van der Waals surface area contributed by atoms with Crippen molar-refractivity contribution in [2.45, 2.75) is 38.3 Å². The van der Waals surface area contributed by atoms with E-state index in [2.05, 4.69) is 11.9 Å². The maximum atomic E-state index is 11.7. The molecule has 6 nitrogen and oxygen atoms in total. The first kappa shape index (κ1) is 18.4. The molecule has 0 aliphatic carbocycles. The van der Waals surface area contributed by atoms with Gasteiger partial charge >= 0.3 is 12.1 Å². The summed E-state index contributed by atoms with van der Waals surface area (Å²) in [6, 6.07) is 7.90. The largest absolute Gasteiger partial charge is 0.480 e. The van der Waals surface area contributed by atoms with Gasteiger partial charge in [0.05, 0.1) is 0 Å². The molecule has 1 amide bonds. The average Bonchev–Trinajstić information content (AvgIpc) is 2.55. The molecule has 1 aromatic carbocycles. The summed E-state index contributed by atoms with van der Waals surface area (Å²) in [5, 5.41) is 11.4. The number of hydrogen-bond donors (Lipinski definition) is 2. The monoisotopic (exact) mass is 319 g/mol. The fourth-order valence-electron chi connectivity index (χ4n) is 1.86. The third-order valence-corrected chi connectivity index (χ3v) is 3.14. The van der Waals surface area contributed by atoms with Crippen LogP contribution in [0, 0.1) is 0 Å². The third-order valence-electron chi connectivity index (χ3n) is 3.14. The van der Waals surface area contributed by atoms with E-state index < -0.39 is 18.1 Å². The van der Waals surface area contributed by atoms with Crippen LogP contribution in [-0.2, 0) is 20.9 Å². The van der Waals surface area contributed by atoms with E-state index in [1.165, 1.54) is 0 Å². The Morgan fingerprint density at radius 3 is 2.52 bits per heavy atom. The summed E-state index contributed by atoms with van der Waals surface area (Å²) in [7, 11) is 0. The van der Waals surface area contributed by atoms with E-state index in [0.29, 0.717) is 12.8 Å². The van der Waals surface area contributed by atoms with Gasteiger partial charge < -0.3 is 15.2 Å². The number of ketones is 1. The third kappa shape index (κ3) is 7.80. The van der Waals surface area contributed by atoms with Gasteiger partial charge in [-0.05, 0) is 18.4 Å². The highest BCUT2D eigenvalue weighted by molar-refractivity contribution is 5.82. The van der Waals surface area contributed by atoms with E-state index in [9.17, 15) is 14.4 Å². The molecule has 0 aliphatic heterocycles. The van der Waals surface area contributed by atoms with Crippen molar-refractivity contribution in [1.82, 2.24) is 5.32 Å². The molecule has 0 aromatic heterocycles. The van der Waals surface area contributed by atoms with Gasteiger partial charge in [-0.1, -0.05) is 36.4 Å². The highest BCUT2D eigenvalue weighted by Gasteiger charge is 2.21. The summed E-state index contributed by atoms with van der Waals surface area (Å²) in [5.41, 5.74) is 0.800. The molecule has 0 fully saturated rings. The predicted molar refractivity (Wildman–Crippen MR) is 84.9 cm³/mol. The Balaban J connectivity index is 2.39. The molecule has 1 rings (SSSR count). The topological polar surface area (TPSA) is 92.7 Å². The Kier molecular flexibility index (Phi) is 8.13. The van der Waals surface area contributed by atoms with Gasteiger partial charge in [-0.25, -0.2) is 9.59 Å². The zero-order valence-corrected chi connectivity index (χ0v) is 12.9. The number of allylic oxidation sites excluding steroid dienone is 1. The number of aliphatic carboxylic acids is 1. The summed E-state index contributed by atoms with van der Waals surface area (Å²) in [6.45, 7) is 3.57. The number of rotatable bonds is 10. The molecule has 124 valence electrons. The van der Waals surface area contributed by atoms with Gasteiger partial charge in [0.1, 0.15) is 18.4 Å². The second-order valence-electron chi connectivity index (χ2n) is 5.00. The van der Waals surface area contributed by atoms with Gasteiger partial charge in [0.15, 0.2) is 0 Å². The lowest BCUT2D eigenvalue weighted by Gasteiger charge is -2.14. The molecule has 1 aromatic rings. The lowest BCUT2D eigenvalue weighted by molar-refractivity contribution is -0.139. The number of carboxylic acid groups (broad SMARTS) is 1. The first-order valence-electron chi connectivity index (χ1n) is 7.35. The van der Waals surface area contributed by atoms with Gasteiger partial charge in [0.2, 0.25) is 0 Å². The van der Waals surface area contributed by atoms with Crippen molar-refractivity contribution in [3.63, 3.8) is 0 Å². The van der Waals surface area contributed by atoms with E-state index in [1.54, 1.807) is 18.2 Å². The van der Waals surface area contributed by atoms with Crippen molar-refractivity contribution in [3.05, 3.63) is 48.6 Å². The van der Waals surface area contributed by atoms with E-state index in [-0.39, 0.29) is 25.2 Å². The fraction of sp³-hybridized carbons (Fsp3) is 0.353. The number of Topliss-reactive ketones (excluding diaryl/α,β-unsaturated/α-hetero) is 1. The quantitative estimate of drug-likeness (QED) is 0.647. The lowest BCUT2D eigenvalue weighted by atomic mass is 10.1. The standard InChI is InChI=1S/C17H21NO5/c1-2-3-9-14(19)10-11-15(16(20)21)18-17(22)23-12-13-7-5-4-6-8-13/h2,4-8,15H,1,3,9-12H2,(H,18,22)(H,20,21). The fourth-order valence-corrected chi connectivity index (χ4v) is 1.86. The van der Waals surface area contributed by atoms with Crippen LogP contribution in [-0.4, -0.2) is 29.0 Å². The Labute approximate surface area is 135 Å². The van der Waals surface area contributed by atoms with E-state index >= 15 is 0 Å². The van der Waals surface area contributed by atoms with Crippen LogP contribution in [0.5, 0.6) is 0 Å². The number of carbonyl (C=O) groups is 3. The molecule has 0 heterocycles. The van der Waals surface area contributed by atoms with Crippen LogP contribution in [0.15, 0.2) is 43.0 Å². The molecule has 0 saturated carbocycles. The van der Waals surface area contributed by atoms with Crippen molar-refractivity contribution >= 4 is 17.8 Å². The van der Waals surface area contributed by atoms with Crippen LogP contribution in [0.1, 0.15) is 31.2 Å². The highest BCUT2D eigenvalue weighted by atomic mass is 16.5. The molecular weight excluding hydrogens is 298 g/mol. The smallest absolute Gasteiger partial charge is 0.408 e. The minimum Gasteiger partial charge on any atom is -0.480 e. The minimum absolute atomic E-state index is 0.0335. The normalized spacial score (nSPS) is 11.3. The van der Waals surface area contributed by atoms with Crippen LogP contribution < -0.4 is 5.32 Å². The van der Waals surface area contributed by atoms with Crippen molar-refractivity contribution in [2.24, 2.45) is 0 Å². The van der Waals surface area contributed by atoms with E-state index in [1.807, 2.05) is 18.2 Å². The van der Waals surface area contributed by atoms with Crippen LogP contribution >= 0.6 is 0 Å². The first-order chi connectivity index (χ1) is 11.0. The van der Waals surface area contributed by atoms with Gasteiger partial charge in [0.25, 0.3) is 0 Å². The number of carboxylic acids is 1. The average molecular weight is 319 g/mol. The molecule has 1 unspecified atom stereocenters. The Morgan fingerprint density at radius 2 is 1.91 bits per heavy atom. The van der Waals surface area contributed by atoms with Crippen LogP contribution in [0.2, 0.25) is 0 Å². The van der Waals surface area contributed by atoms with Crippen LogP contribution in [0.25, 0.3) is 0 Å². The highest BCUT2D eigenvalue weighted by Crippen LogP contribution is 2.05. The van der Waals surface area contributed by atoms with Crippen LogP contribution in [0.4, 0.5) is 4.79 Å². The minimum atomic E-state index is -1.20. The van der Waals surface area contributed by atoms with Gasteiger partial charge in [-0.3, -0.25) is 4.79 Å². The SMILES string of the molecule is C=CCCC(=O)CCC(NC(=O)OCc1ccccc1)C(=O)O. The van der Waals surface area contributed by atoms with Gasteiger partial charge in [-0.2, -0.15) is 0 Å². The summed E-state index contributed by atoms with van der Waals surface area (Å²) in [5.74, 6) is -1.26. The Morgan fingerprint density at radius 1 is 1.22 bits per heavy atom. The summed E-state index contributed by atoms with van der Waals surface area (Å²) in [4.78, 5) is 34.3. The number of carbonyl (C=O) groups excluding carboxylic acids is 2. The Bertz CT molecular complexity index is 541. The van der Waals surface area contributed by atoms with E-state index in [0.717, 1.165) is 5.56 Å². The molecule has 0 bridgehead atoms. The molecule has 2 N–H and O–H groups in total. The number of benzene rings is 1. The summed E-state index contributed by atoms with van der Waals surface area (Å²) in [6.07, 6.45) is 1.82. The molecule has 1 atom stereocenters. The molecule has 6 heteroatoms. The molecular formula is C17H21NO5. The zero-order valence-electron chi connectivity index (χ0n) is 12.9. The second-order valence-corrected chi connectivity index (χ2v) is 5.00. The number of hydrogen-bond acceptors (Lipinski definition) is 4. The van der Waals surface area contributed by atoms with Gasteiger partial charge in [-0.15, -0.1) is 6.58 Å². The van der Waals surface area contributed by atoms with E-state index in [4.69, 9.17) is 9.84 Å². The number of amides is 1. The molecule has 0 spiro atoms. The number of alkyl carbamates (subject to hydrolysis) is 1. The maximum absolute atomic E-state index is 11.7. The molecule has 0 saturated heterocycles. The Hall–Kier alpha value is -2.63. The molecule has 0 aliphatic rings. The maximum Gasteiger partial charge on any atom is 0.408 e. The summed E-state index contributed by atoms with van der Waals surface area (Å²) < 4.78 is 4.97. The van der Waals surface area contributed by atoms with Crippen molar-refractivity contribution in [1.29, 1.82) is 0 Å². The lowest BCUT2D eigenvalue weighted by Crippen LogP contribution is -2.41. The van der Waals surface area contributed by atoms with Crippen LogP contribution in [0.3, 0.4) is 0 Å². The zero-order chi connectivity index (χ0) is 17.1.